The largest absolute Gasteiger partial charge is 0.468 e. The Kier molecular flexibility index (Phi) is 5.65. The minimum atomic E-state index is -0.108. The molecule has 1 aliphatic heterocycles. The maximum Gasteiger partial charge on any atom is 0.244 e. The standard InChI is InChI=1S/C21H23N3O2S/c25-20(10-11-21-23-16-7-2-3-9-19(16)27-21)22-15-17(18-8-6-14-26-18)24-12-4-1-5-13-24/h2-3,6-11,14,17H,1,4-5,12-13,15H2,(H,22,25)/b11-10+. The van der Waals surface area contributed by atoms with Crippen LogP contribution in [0.15, 0.2) is 53.2 Å². The molecule has 2 aromatic heterocycles. The fraction of sp³-hybridized carbons (Fsp3) is 0.333. The van der Waals surface area contributed by atoms with E-state index in [-0.39, 0.29) is 11.9 Å². The number of thiazole rings is 1. The molecule has 1 atom stereocenters. The molecule has 0 aliphatic carbocycles. The van der Waals surface area contributed by atoms with Crippen LogP contribution in [0.5, 0.6) is 0 Å². The van der Waals surface area contributed by atoms with Gasteiger partial charge in [0.05, 0.1) is 22.5 Å². The number of furan rings is 1. The Labute approximate surface area is 162 Å². The van der Waals surface area contributed by atoms with Gasteiger partial charge in [-0.1, -0.05) is 18.6 Å². The van der Waals surface area contributed by atoms with Crippen molar-refractivity contribution in [3.8, 4) is 0 Å². The number of carbonyl (C=O) groups excluding carboxylic acids is 1. The predicted molar refractivity (Wildman–Crippen MR) is 109 cm³/mol. The first kappa shape index (κ1) is 17.9. The highest BCUT2D eigenvalue weighted by atomic mass is 32.1. The number of piperidine rings is 1. The Morgan fingerprint density at radius 3 is 2.85 bits per heavy atom. The lowest BCUT2D eigenvalue weighted by Crippen LogP contribution is -2.40. The molecule has 1 aliphatic rings. The van der Waals surface area contributed by atoms with Crippen LogP contribution in [0, 0.1) is 0 Å². The maximum atomic E-state index is 12.3. The Morgan fingerprint density at radius 1 is 1.22 bits per heavy atom. The minimum absolute atomic E-state index is 0.0834. The Balaban J connectivity index is 1.38. The summed E-state index contributed by atoms with van der Waals surface area (Å²) in [5.74, 6) is 0.801. The van der Waals surface area contributed by atoms with Gasteiger partial charge in [0.1, 0.15) is 10.8 Å². The summed E-state index contributed by atoms with van der Waals surface area (Å²) in [6.07, 6.45) is 8.71. The van der Waals surface area contributed by atoms with E-state index < -0.39 is 0 Å². The zero-order chi connectivity index (χ0) is 18.5. The van der Waals surface area contributed by atoms with Crippen LogP contribution in [0.25, 0.3) is 16.3 Å². The number of fused-ring (bicyclic) bond motifs is 1. The molecule has 27 heavy (non-hydrogen) atoms. The van der Waals surface area contributed by atoms with Crippen molar-refractivity contribution >= 4 is 33.5 Å². The van der Waals surface area contributed by atoms with Gasteiger partial charge in [0.25, 0.3) is 0 Å². The van der Waals surface area contributed by atoms with Crippen molar-refractivity contribution in [2.75, 3.05) is 19.6 Å². The lowest BCUT2D eigenvalue weighted by Gasteiger charge is -2.33. The molecule has 1 saturated heterocycles. The summed E-state index contributed by atoms with van der Waals surface area (Å²) in [7, 11) is 0. The fourth-order valence-electron chi connectivity index (χ4n) is 3.49. The average molecular weight is 382 g/mol. The lowest BCUT2D eigenvalue weighted by atomic mass is 10.1. The van der Waals surface area contributed by atoms with E-state index in [2.05, 4.69) is 15.2 Å². The van der Waals surface area contributed by atoms with Crippen LogP contribution in [-0.4, -0.2) is 35.4 Å². The van der Waals surface area contributed by atoms with E-state index in [9.17, 15) is 4.79 Å². The molecule has 1 unspecified atom stereocenters. The van der Waals surface area contributed by atoms with E-state index in [1.54, 1.807) is 29.8 Å². The van der Waals surface area contributed by atoms with Crippen LogP contribution in [0.2, 0.25) is 0 Å². The van der Waals surface area contributed by atoms with Crippen LogP contribution < -0.4 is 5.32 Å². The van der Waals surface area contributed by atoms with Crippen molar-refractivity contribution in [1.29, 1.82) is 0 Å². The molecule has 1 fully saturated rings. The van der Waals surface area contributed by atoms with E-state index >= 15 is 0 Å². The van der Waals surface area contributed by atoms with Crippen LogP contribution in [0.3, 0.4) is 0 Å². The monoisotopic (exact) mass is 381 g/mol. The van der Waals surface area contributed by atoms with E-state index in [1.807, 2.05) is 36.4 Å². The third-order valence-electron chi connectivity index (χ3n) is 4.86. The summed E-state index contributed by atoms with van der Waals surface area (Å²) >= 11 is 1.58. The summed E-state index contributed by atoms with van der Waals surface area (Å²) in [5, 5.41) is 3.86. The Morgan fingerprint density at radius 2 is 2.07 bits per heavy atom. The fourth-order valence-corrected chi connectivity index (χ4v) is 4.36. The summed E-state index contributed by atoms with van der Waals surface area (Å²) < 4.78 is 6.75. The average Bonchev–Trinajstić information content (AvgIpc) is 3.37. The van der Waals surface area contributed by atoms with E-state index in [4.69, 9.17) is 4.42 Å². The second kappa shape index (κ2) is 8.50. The molecule has 1 N–H and O–H groups in total. The number of hydrogen-bond acceptors (Lipinski definition) is 5. The molecular weight excluding hydrogens is 358 g/mol. The molecule has 3 aromatic rings. The van der Waals surface area contributed by atoms with Gasteiger partial charge < -0.3 is 9.73 Å². The number of aromatic nitrogens is 1. The van der Waals surface area contributed by atoms with Gasteiger partial charge in [0.2, 0.25) is 5.91 Å². The summed E-state index contributed by atoms with van der Waals surface area (Å²) in [6, 6.07) is 12.0. The highest BCUT2D eigenvalue weighted by Crippen LogP contribution is 2.25. The molecule has 0 spiro atoms. The Bertz CT molecular complexity index is 878. The number of rotatable bonds is 6. The molecule has 1 amide bonds. The first-order chi connectivity index (χ1) is 13.3. The molecule has 0 saturated carbocycles. The van der Waals surface area contributed by atoms with Crippen molar-refractivity contribution in [2.45, 2.75) is 25.3 Å². The van der Waals surface area contributed by atoms with Crippen molar-refractivity contribution in [2.24, 2.45) is 0 Å². The SMILES string of the molecule is O=C(/C=C/c1nc2ccccc2s1)NCC(c1ccco1)N1CCCCC1. The van der Waals surface area contributed by atoms with E-state index in [0.717, 1.165) is 34.1 Å². The molecular formula is C21H23N3O2S. The van der Waals surface area contributed by atoms with Crippen molar-refractivity contribution < 1.29 is 9.21 Å². The number of amides is 1. The van der Waals surface area contributed by atoms with Gasteiger partial charge in [-0.05, 0) is 56.3 Å². The van der Waals surface area contributed by atoms with Crippen molar-refractivity contribution in [3.63, 3.8) is 0 Å². The van der Waals surface area contributed by atoms with Gasteiger partial charge in [-0.25, -0.2) is 4.98 Å². The molecule has 4 rings (SSSR count). The van der Waals surface area contributed by atoms with Gasteiger partial charge in [0.15, 0.2) is 0 Å². The molecule has 0 bridgehead atoms. The highest BCUT2D eigenvalue weighted by molar-refractivity contribution is 7.19. The van der Waals surface area contributed by atoms with Gasteiger partial charge >= 0.3 is 0 Å². The zero-order valence-corrected chi connectivity index (χ0v) is 16.0. The molecule has 3 heterocycles. The Hall–Kier alpha value is -2.44. The van der Waals surface area contributed by atoms with Gasteiger partial charge in [-0.15, -0.1) is 11.3 Å². The third kappa shape index (κ3) is 4.46. The van der Waals surface area contributed by atoms with Gasteiger partial charge in [-0.2, -0.15) is 0 Å². The number of hydrogen-bond donors (Lipinski definition) is 1. The van der Waals surface area contributed by atoms with Crippen molar-refractivity contribution in [1.82, 2.24) is 15.2 Å². The lowest BCUT2D eigenvalue weighted by molar-refractivity contribution is -0.116. The smallest absolute Gasteiger partial charge is 0.244 e. The van der Waals surface area contributed by atoms with Crippen LogP contribution in [0.4, 0.5) is 0 Å². The molecule has 1 aromatic carbocycles. The van der Waals surface area contributed by atoms with E-state index in [0.29, 0.717) is 6.54 Å². The molecule has 140 valence electrons. The predicted octanol–water partition coefficient (Wildman–Crippen LogP) is 4.25. The van der Waals surface area contributed by atoms with E-state index in [1.165, 1.54) is 19.3 Å². The van der Waals surface area contributed by atoms with Gasteiger partial charge in [-0.3, -0.25) is 9.69 Å². The first-order valence-corrected chi connectivity index (χ1v) is 10.2. The number of likely N-dealkylation sites (tertiary alicyclic amines) is 1. The first-order valence-electron chi connectivity index (χ1n) is 9.38. The van der Waals surface area contributed by atoms with Gasteiger partial charge in [0, 0.05) is 12.6 Å². The molecule has 0 radical (unpaired) electrons. The summed E-state index contributed by atoms with van der Waals surface area (Å²) in [5.41, 5.74) is 0.963. The number of benzene rings is 1. The third-order valence-corrected chi connectivity index (χ3v) is 5.86. The van der Waals surface area contributed by atoms with Crippen LogP contribution in [-0.2, 0) is 4.79 Å². The van der Waals surface area contributed by atoms with Crippen LogP contribution in [0.1, 0.15) is 36.1 Å². The number of nitrogens with one attached hydrogen (secondary N) is 1. The normalized spacial score (nSPS) is 16.7. The number of carbonyl (C=O) groups is 1. The summed E-state index contributed by atoms with van der Waals surface area (Å²) in [6.45, 7) is 2.63. The summed E-state index contributed by atoms with van der Waals surface area (Å²) in [4.78, 5) is 19.2. The van der Waals surface area contributed by atoms with Crippen LogP contribution >= 0.6 is 11.3 Å². The second-order valence-corrected chi connectivity index (χ2v) is 7.79. The second-order valence-electron chi connectivity index (χ2n) is 6.73. The maximum absolute atomic E-state index is 12.3. The van der Waals surface area contributed by atoms with Crippen molar-refractivity contribution in [3.05, 3.63) is 59.5 Å². The minimum Gasteiger partial charge on any atom is -0.468 e. The number of nitrogens with zero attached hydrogens (tertiary/aromatic N) is 2. The highest BCUT2D eigenvalue weighted by Gasteiger charge is 2.24. The topological polar surface area (TPSA) is 58.4 Å². The number of para-hydroxylation sites is 1. The molecule has 5 nitrogen and oxygen atoms in total. The molecule has 6 heteroatoms. The zero-order valence-electron chi connectivity index (χ0n) is 15.1. The quantitative estimate of drug-likeness (QED) is 0.649.